The summed E-state index contributed by atoms with van der Waals surface area (Å²) in [7, 11) is 1.17. The van der Waals surface area contributed by atoms with Crippen LogP contribution < -0.4 is 0 Å². The molecule has 13 atom stereocenters. The first-order valence-electron chi connectivity index (χ1n) is 17.9. The summed E-state index contributed by atoms with van der Waals surface area (Å²) in [6.07, 6.45) is -4.13. The third-order valence-corrected chi connectivity index (χ3v) is 12.7. The number of rotatable bonds is 12. The van der Waals surface area contributed by atoms with Crippen molar-refractivity contribution >= 4 is 36.1 Å². The monoisotopic (exact) mass is 762 g/mol. The van der Waals surface area contributed by atoms with Gasteiger partial charge in [-0.15, -0.1) is 0 Å². The summed E-state index contributed by atoms with van der Waals surface area (Å²) in [6, 6.07) is 1.62. The lowest BCUT2D eigenvalue weighted by molar-refractivity contribution is -0.328. The quantitative estimate of drug-likeness (QED) is 0.103. The van der Waals surface area contributed by atoms with Gasteiger partial charge in [-0.3, -0.25) is 24.0 Å². The summed E-state index contributed by atoms with van der Waals surface area (Å²) in [4.78, 5) is 78.8. The number of carbonyl (C=O) groups excluding carboxylic acids is 6. The molecule has 5 rings (SSSR count). The van der Waals surface area contributed by atoms with Gasteiger partial charge in [0.2, 0.25) is 5.78 Å². The van der Waals surface area contributed by atoms with Crippen LogP contribution in [0.4, 0.5) is 0 Å². The fraction of sp³-hybridized carbons (Fsp3) is 0.684. The van der Waals surface area contributed by atoms with Gasteiger partial charge in [-0.25, -0.2) is 4.79 Å². The second kappa shape index (κ2) is 14.5. The first-order chi connectivity index (χ1) is 25.2. The molecule has 16 nitrogen and oxygen atoms in total. The van der Waals surface area contributed by atoms with Crippen molar-refractivity contribution in [3.63, 3.8) is 0 Å². The predicted octanol–water partition coefficient (Wildman–Crippen LogP) is 2.66. The molecule has 1 aromatic rings. The third kappa shape index (κ3) is 6.34. The highest BCUT2D eigenvalue weighted by atomic mass is 16.9. The number of fused-ring (bicyclic) bond motifs is 3. The first-order valence-corrected chi connectivity index (χ1v) is 17.9. The molecule has 2 bridgehead atoms. The molecule has 16 heteroatoms. The van der Waals surface area contributed by atoms with E-state index in [0.717, 1.165) is 13.8 Å². The molecular formula is C38H50O16. The van der Waals surface area contributed by atoms with Crippen molar-refractivity contribution in [1.82, 2.24) is 0 Å². The summed E-state index contributed by atoms with van der Waals surface area (Å²) in [5, 5.41) is 25.0. The van der Waals surface area contributed by atoms with Gasteiger partial charge in [0.15, 0.2) is 0 Å². The Morgan fingerprint density at radius 1 is 1.06 bits per heavy atom. The number of Topliss-reactive ketones (excluding diaryl/α,β-unsaturated/α-hetero) is 1. The topological polar surface area (TPSA) is 221 Å². The highest BCUT2D eigenvalue weighted by molar-refractivity contribution is 6.34. The molecule has 4 aliphatic rings. The Morgan fingerprint density at radius 2 is 1.70 bits per heavy atom. The highest BCUT2D eigenvalue weighted by Gasteiger charge is 2.79. The fourth-order valence-corrected chi connectivity index (χ4v) is 9.90. The van der Waals surface area contributed by atoms with Crippen LogP contribution in [0.3, 0.4) is 0 Å². The Labute approximate surface area is 312 Å². The van der Waals surface area contributed by atoms with Crippen molar-refractivity contribution < 1.29 is 76.6 Å². The zero-order valence-corrected chi connectivity index (χ0v) is 31.8. The zero-order chi connectivity index (χ0) is 40.2. The average Bonchev–Trinajstić information content (AvgIpc) is 3.79. The molecule has 0 spiro atoms. The SMILES string of the molecule is C=C1[C@@H]([C@@]2(C)[C@@H](OC(C)=O)C[C@]3(O)OC[C@@](C)(O3)[C@@H]2CC(=O)OC)[C@@H](OC=O)[C@H](OC(=O)C(=O)[C@H](C)CC)[C@@]2(C)[C@H](c3ccoc3)C[C@@H](OC(C)=O)[C@]12O. The van der Waals surface area contributed by atoms with Crippen LogP contribution >= 0.6 is 0 Å². The van der Waals surface area contributed by atoms with E-state index in [9.17, 15) is 39.0 Å². The molecule has 54 heavy (non-hydrogen) atoms. The molecule has 0 unspecified atom stereocenters. The van der Waals surface area contributed by atoms with Crippen LogP contribution in [0.5, 0.6) is 0 Å². The minimum absolute atomic E-state index is 0.0802. The molecule has 2 N–H and O–H groups in total. The van der Waals surface area contributed by atoms with Crippen molar-refractivity contribution in [2.75, 3.05) is 13.7 Å². The highest BCUT2D eigenvalue weighted by Crippen LogP contribution is 2.70. The summed E-state index contributed by atoms with van der Waals surface area (Å²) >= 11 is 0. The molecule has 298 valence electrons. The number of ether oxygens (including phenoxy) is 7. The van der Waals surface area contributed by atoms with Crippen molar-refractivity contribution in [2.45, 2.75) is 122 Å². The van der Waals surface area contributed by atoms with Crippen LogP contribution in [-0.2, 0) is 61.9 Å². The van der Waals surface area contributed by atoms with Crippen molar-refractivity contribution in [3.05, 3.63) is 36.3 Å². The molecule has 2 saturated heterocycles. The number of ketones is 1. The molecule has 3 heterocycles. The molecule has 2 saturated carbocycles. The van der Waals surface area contributed by atoms with E-state index in [4.69, 9.17) is 37.6 Å². The lowest BCUT2D eigenvalue weighted by Gasteiger charge is -2.62. The van der Waals surface area contributed by atoms with Gasteiger partial charge in [0, 0.05) is 42.9 Å². The van der Waals surface area contributed by atoms with Gasteiger partial charge >= 0.3 is 23.9 Å². The van der Waals surface area contributed by atoms with Gasteiger partial charge in [0.05, 0.1) is 50.1 Å². The third-order valence-electron chi connectivity index (χ3n) is 12.7. The molecule has 2 aliphatic heterocycles. The second-order valence-corrected chi connectivity index (χ2v) is 15.6. The summed E-state index contributed by atoms with van der Waals surface area (Å²) in [6.45, 7) is 14.5. The van der Waals surface area contributed by atoms with E-state index in [1.807, 2.05) is 0 Å². The fourth-order valence-electron chi connectivity index (χ4n) is 9.90. The maximum atomic E-state index is 13.9. The Kier molecular flexibility index (Phi) is 11.0. The molecule has 2 aliphatic carbocycles. The van der Waals surface area contributed by atoms with Crippen LogP contribution in [0.15, 0.2) is 35.2 Å². The number of hydrogen-bond donors (Lipinski definition) is 2. The number of aliphatic hydroxyl groups is 2. The summed E-state index contributed by atoms with van der Waals surface area (Å²) in [5.41, 5.74) is -7.01. The largest absolute Gasteiger partial charge is 0.472 e. The minimum atomic E-state index is -2.35. The lowest BCUT2D eigenvalue weighted by Crippen LogP contribution is -2.72. The number of esters is 4. The lowest BCUT2D eigenvalue weighted by atomic mass is 9.46. The van der Waals surface area contributed by atoms with Gasteiger partial charge in [0.25, 0.3) is 12.4 Å². The number of hydrogen-bond acceptors (Lipinski definition) is 16. The van der Waals surface area contributed by atoms with Crippen LogP contribution in [0.2, 0.25) is 0 Å². The zero-order valence-electron chi connectivity index (χ0n) is 31.8. The van der Waals surface area contributed by atoms with Crippen LogP contribution in [-0.4, -0.2) is 102 Å². The Balaban J connectivity index is 1.86. The van der Waals surface area contributed by atoms with Gasteiger partial charge < -0.3 is 47.8 Å². The van der Waals surface area contributed by atoms with E-state index in [1.54, 1.807) is 40.7 Å². The van der Waals surface area contributed by atoms with E-state index < -0.39 is 119 Å². The van der Waals surface area contributed by atoms with Crippen LogP contribution in [0.25, 0.3) is 0 Å². The van der Waals surface area contributed by atoms with Gasteiger partial charge in [0.1, 0.15) is 30.0 Å². The van der Waals surface area contributed by atoms with Crippen LogP contribution in [0.1, 0.15) is 85.6 Å². The second-order valence-electron chi connectivity index (χ2n) is 15.6. The molecular weight excluding hydrogens is 712 g/mol. The number of methoxy groups -OCH3 is 1. The molecule has 0 radical (unpaired) electrons. The van der Waals surface area contributed by atoms with E-state index in [-0.39, 0.29) is 25.1 Å². The molecule has 0 aromatic carbocycles. The number of carbonyl (C=O) groups is 6. The predicted molar refractivity (Wildman–Crippen MR) is 181 cm³/mol. The average molecular weight is 763 g/mol. The van der Waals surface area contributed by atoms with Gasteiger partial charge in [-0.05, 0) is 37.0 Å². The maximum Gasteiger partial charge on any atom is 0.375 e. The van der Waals surface area contributed by atoms with E-state index in [1.165, 1.54) is 19.6 Å². The Hall–Kier alpha value is -4.12. The molecule has 1 aromatic heterocycles. The normalized spacial score (nSPS) is 40.4. The van der Waals surface area contributed by atoms with E-state index in [2.05, 4.69) is 6.58 Å². The standard InChI is InChI=1S/C38H50O16/c1-10-19(2)30(43)33(44)53-32-31(49-18-39)29(20(3)38(46)26(51-21(4)40)13-24(36(32,38)8)23-11-12-48-16-23)35(7)25(14-28(42)47-9)34(6)17-50-37(45,54-34)15-27(35)52-22(5)41/h11-12,16,18-19,24-27,29,31-32,45-46H,3,10,13-15,17H2,1-2,4-9H3/t19-,24+,25+,26-,27+,29-,31-,32+,34-,35-,36-,37+,38-/m1/s1. The number of furan rings is 1. The maximum absolute atomic E-state index is 13.9. The first kappa shape index (κ1) is 41.1. The molecule has 0 amide bonds. The minimum Gasteiger partial charge on any atom is -0.472 e. The smallest absolute Gasteiger partial charge is 0.375 e. The van der Waals surface area contributed by atoms with Crippen molar-refractivity contribution in [3.8, 4) is 0 Å². The van der Waals surface area contributed by atoms with Crippen LogP contribution in [0, 0.1) is 28.6 Å². The Bertz CT molecular complexity index is 1670. The summed E-state index contributed by atoms with van der Waals surface area (Å²) < 4.78 is 46.2. The van der Waals surface area contributed by atoms with Gasteiger partial charge in [-0.2, -0.15) is 0 Å². The van der Waals surface area contributed by atoms with Crippen molar-refractivity contribution in [2.24, 2.45) is 28.6 Å². The van der Waals surface area contributed by atoms with E-state index in [0.29, 0.717) is 12.0 Å². The van der Waals surface area contributed by atoms with E-state index >= 15 is 0 Å². The van der Waals surface area contributed by atoms with Crippen molar-refractivity contribution in [1.29, 1.82) is 0 Å². The van der Waals surface area contributed by atoms with Gasteiger partial charge in [-0.1, -0.05) is 34.3 Å². The summed E-state index contributed by atoms with van der Waals surface area (Å²) in [5.74, 6) is -11.0. The Morgan fingerprint density at radius 3 is 2.26 bits per heavy atom. The molecule has 4 fully saturated rings.